The number of aryl methyl sites for hydroxylation is 2. The Hall–Kier alpha value is -3.92. The van der Waals surface area contributed by atoms with Gasteiger partial charge in [0, 0.05) is 28.6 Å². The maximum Gasteiger partial charge on any atom is 0.269 e. The summed E-state index contributed by atoms with van der Waals surface area (Å²) in [5.74, 6) is 0. The lowest BCUT2D eigenvalue weighted by Crippen LogP contribution is -1.95. The van der Waals surface area contributed by atoms with Gasteiger partial charge in [-0.3, -0.25) is 10.1 Å². The molecular weight excluding hydrogens is 661 g/mol. The van der Waals surface area contributed by atoms with Crippen LogP contribution in [0.1, 0.15) is 166 Å². The molecule has 0 unspecified atom stereocenters. The first-order chi connectivity index (χ1) is 26.6. The fraction of sp³-hybridized carbons (Fsp3) is 0.520. The zero-order valence-electron chi connectivity index (χ0n) is 33.8. The van der Waals surface area contributed by atoms with Gasteiger partial charge >= 0.3 is 0 Å². The van der Waals surface area contributed by atoms with Crippen LogP contribution in [-0.4, -0.2) is 9.49 Å². The van der Waals surface area contributed by atoms with Crippen molar-refractivity contribution in [2.75, 3.05) is 0 Å². The van der Waals surface area contributed by atoms with E-state index in [2.05, 4.69) is 79.1 Å². The van der Waals surface area contributed by atoms with Crippen molar-refractivity contribution in [1.82, 2.24) is 4.57 Å². The van der Waals surface area contributed by atoms with Crippen LogP contribution in [0, 0.1) is 10.1 Å². The monoisotopic (exact) mass is 729 g/mol. The fourth-order valence-electron chi connectivity index (χ4n) is 8.27. The standard InChI is InChI=1S/C50H68N2O2/c1-3-5-7-9-11-13-15-17-19-21-23-25-41-27-37-49-47(39-41)48-40-42(26-24-22-20-18-16-14-12-10-8-6-4-2)28-38-50(48)51(49)45-33-29-43(30-34-45)44-31-35-46(36-32-44)52(53)54/h27-40H,3-26H2,1-2H3. The molecule has 0 aliphatic heterocycles. The fourth-order valence-corrected chi connectivity index (χ4v) is 8.27. The van der Waals surface area contributed by atoms with Crippen LogP contribution < -0.4 is 0 Å². The summed E-state index contributed by atoms with van der Waals surface area (Å²) >= 11 is 0. The van der Waals surface area contributed by atoms with Gasteiger partial charge in [-0.05, 0) is 96.5 Å². The maximum absolute atomic E-state index is 11.2. The lowest BCUT2D eigenvalue weighted by molar-refractivity contribution is -0.384. The van der Waals surface area contributed by atoms with Gasteiger partial charge in [-0.15, -0.1) is 0 Å². The van der Waals surface area contributed by atoms with Crippen molar-refractivity contribution in [2.45, 2.75) is 168 Å². The Morgan fingerprint density at radius 2 is 0.796 bits per heavy atom. The summed E-state index contributed by atoms with van der Waals surface area (Å²) in [5.41, 5.74) is 8.68. The Morgan fingerprint density at radius 3 is 1.17 bits per heavy atom. The highest BCUT2D eigenvalue weighted by Gasteiger charge is 2.14. The largest absolute Gasteiger partial charge is 0.309 e. The molecule has 0 spiro atoms. The van der Waals surface area contributed by atoms with E-state index in [0.29, 0.717) is 0 Å². The molecule has 4 nitrogen and oxygen atoms in total. The second-order valence-electron chi connectivity index (χ2n) is 16.0. The quantitative estimate of drug-likeness (QED) is 0.0307. The van der Waals surface area contributed by atoms with Gasteiger partial charge in [-0.1, -0.05) is 167 Å². The van der Waals surface area contributed by atoms with Crippen molar-refractivity contribution < 1.29 is 4.92 Å². The van der Waals surface area contributed by atoms with Crippen molar-refractivity contribution in [3.05, 3.63) is 106 Å². The molecule has 1 aromatic heterocycles. The minimum absolute atomic E-state index is 0.117. The number of nitro benzene ring substituents is 1. The van der Waals surface area contributed by atoms with Crippen molar-refractivity contribution >= 4 is 27.5 Å². The summed E-state index contributed by atoms with van der Waals surface area (Å²) < 4.78 is 2.42. The van der Waals surface area contributed by atoms with Gasteiger partial charge in [-0.25, -0.2) is 0 Å². The molecule has 1 heterocycles. The molecule has 0 saturated carbocycles. The third-order valence-corrected chi connectivity index (χ3v) is 11.6. The number of unbranched alkanes of at least 4 members (excludes halogenated alkanes) is 20. The molecule has 5 aromatic rings. The van der Waals surface area contributed by atoms with Crippen LogP contribution in [0.15, 0.2) is 84.9 Å². The molecule has 0 N–H and O–H groups in total. The molecule has 0 bridgehead atoms. The predicted octanol–water partition coefficient (Wildman–Crippen LogP) is 16.1. The number of hydrogen-bond donors (Lipinski definition) is 0. The molecule has 0 amide bonds. The van der Waals surface area contributed by atoms with Gasteiger partial charge in [0.1, 0.15) is 0 Å². The first-order valence-corrected chi connectivity index (χ1v) is 22.0. The average molecular weight is 729 g/mol. The Balaban J connectivity index is 1.24. The van der Waals surface area contributed by atoms with Crippen molar-refractivity contribution in [2.24, 2.45) is 0 Å². The predicted molar refractivity (Wildman–Crippen MR) is 233 cm³/mol. The Bertz CT molecular complexity index is 1740. The number of rotatable bonds is 27. The molecule has 4 heteroatoms. The molecule has 0 aliphatic rings. The second-order valence-corrected chi connectivity index (χ2v) is 16.0. The van der Waals surface area contributed by atoms with Crippen LogP contribution in [-0.2, 0) is 12.8 Å². The summed E-state index contributed by atoms with van der Waals surface area (Å²) in [6, 6.07) is 29.8. The normalized spacial score (nSPS) is 11.6. The molecule has 290 valence electrons. The van der Waals surface area contributed by atoms with E-state index < -0.39 is 0 Å². The van der Waals surface area contributed by atoms with Crippen LogP contribution in [0.2, 0.25) is 0 Å². The van der Waals surface area contributed by atoms with Crippen molar-refractivity contribution in [1.29, 1.82) is 0 Å². The minimum Gasteiger partial charge on any atom is -0.309 e. The number of fused-ring (bicyclic) bond motifs is 3. The van der Waals surface area contributed by atoms with Gasteiger partial charge < -0.3 is 4.57 Å². The number of hydrogen-bond acceptors (Lipinski definition) is 2. The van der Waals surface area contributed by atoms with E-state index in [0.717, 1.165) is 29.7 Å². The molecule has 0 saturated heterocycles. The molecule has 5 rings (SSSR count). The number of aromatic nitrogens is 1. The first kappa shape index (κ1) is 41.2. The zero-order chi connectivity index (χ0) is 37.8. The van der Waals surface area contributed by atoms with E-state index in [1.807, 2.05) is 12.1 Å². The molecule has 0 radical (unpaired) electrons. The number of non-ortho nitro benzene ring substituents is 1. The van der Waals surface area contributed by atoms with Crippen LogP contribution >= 0.6 is 0 Å². The Morgan fingerprint density at radius 1 is 0.444 bits per heavy atom. The van der Waals surface area contributed by atoms with Gasteiger partial charge in [0.05, 0.1) is 16.0 Å². The smallest absolute Gasteiger partial charge is 0.269 e. The van der Waals surface area contributed by atoms with Gasteiger partial charge in [-0.2, -0.15) is 0 Å². The molecule has 4 aromatic carbocycles. The summed E-state index contributed by atoms with van der Waals surface area (Å²) in [7, 11) is 0. The molecule has 0 atom stereocenters. The second kappa shape index (κ2) is 23.1. The maximum atomic E-state index is 11.2. The summed E-state index contributed by atoms with van der Waals surface area (Å²) in [4.78, 5) is 10.8. The van der Waals surface area contributed by atoms with Gasteiger partial charge in [0.25, 0.3) is 5.69 Å². The number of benzene rings is 4. The van der Waals surface area contributed by atoms with Crippen LogP contribution in [0.4, 0.5) is 5.69 Å². The van der Waals surface area contributed by atoms with Crippen LogP contribution in [0.5, 0.6) is 0 Å². The van der Waals surface area contributed by atoms with E-state index in [9.17, 15) is 10.1 Å². The topological polar surface area (TPSA) is 48.1 Å². The van der Waals surface area contributed by atoms with Crippen molar-refractivity contribution in [3.8, 4) is 16.8 Å². The molecule has 0 fully saturated rings. The van der Waals surface area contributed by atoms with E-state index in [4.69, 9.17) is 0 Å². The zero-order valence-corrected chi connectivity index (χ0v) is 33.8. The highest BCUT2D eigenvalue weighted by Crippen LogP contribution is 2.35. The van der Waals surface area contributed by atoms with Crippen LogP contribution in [0.25, 0.3) is 38.6 Å². The molecule has 0 aliphatic carbocycles. The third-order valence-electron chi connectivity index (χ3n) is 11.6. The highest BCUT2D eigenvalue weighted by atomic mass is 16.6. The van der Waals surface area contributed by atoms with E-state index in [1.165, 1.54) is 174 Å². The first-order valence-electron chi connectivity index (χ1n) is 22.0. The van der Waals surface area contributed by atoms with Crippen molar-refractivity contribution in [3.63, 3.8) is 0 Å². The number of nitrogens with zero attached hydrogens (tertiary/aromatic N) is 2. The molecule has 54 heavy (non-hydrogen) atoms. The summed E-state index contributed by atoms with van der Waals surface area (Å²) in [5, 5.41) is 13.9. The minimum atomic E-state index is -0.345. The lowest BCUT2D eigenvalue weighted by atomic mass is 10.0. The average Bonchev–Trinajstić information content (AvgIpc) is 3.52. The Kier molecular flexibility index (Phi) is 17.6. The van der Waals surface area contributed by atoms with E-state index in [-0.39, 0.29) is 10.6 Å². The van der Waals surface area contributed by atoms with E-state index >= 15 is 0 Å². The van der Waals surface area contributed by atoms with Crippen LogP contribution in [0.3, 0.4) is 0 Å². The number of nitro groups is 1. The summed E-state index contributed by atoms with van der Waals surface area (Å²) in [6.07, 6.45) is 32.5. The van der Waals surface area contributed by atoms with Gasteiger partial charge in [0.2, 0.25) is 0 Å². The lowest BCUT2D eigenvalue weighted by Gasteiger charge is -2.10. The summed E-state index contributed by atoms with van der Waals surface area (Å²) in [6.45, 7) is 4.58. The molecular formula is C50H68N2O2. The van der Waals surface area contributed by atoms with E-state index in [1.54, 1.807) is 12.1 Å². The SMILES string of the molecule is CCCCCCCCCCCCCc1ccc2c(c1)c1cc(CCCCCCCCCCCCC)ccc1n2-c1ccc(-c2ccc([N+](=O)[O-])cc2)cc1. The third kappa shape index (κ3) is 12.6. The highest BCUT2D eigenvalue weighted by molar-refractivity contribution is 6.09. The van der Waals surface area contributed by atoms with Gasteiger partial charge in [0.15, 0.2) is 0 Å². The Labute approximate surface area is 326 Å².